The molecule has 7 heteroatoms. The summed E-state index contributed by atoms with van der Waals surface area (Å²) in [5, 5.41) is 0. The third-order valence-corrected chi connectivity index (χ3v) is 4.95. The summed E-state index contributed by atoms with van der Waals surface area (Å²) in [6.07, 6.45) is 0. The zero-order valence-corrected chi connectivity index (χ0v) is 13.3. The molecule has 0 aromatic heterocycles. The van der Waals surface area contributed by atoms with Crippen LogP contribution in [0.4, 0.5) is 10.1 Å². The molecule has 0 aliphatic carbocycles. The number of anilines is 1. The lowest BCUT2D eigenvalue weighted by molar-refractivity contribution is 0.199. The fourth-order valence-electron chi connectivity index (χ4n) is 1.34. The smallest absolute Gasteiger partial charge is 0.240 e. The van der Waals surface area contributed by atoms with Crippen LogP contribution in [0.25, 0.3) is 0 Å². The fraction of sp³-hybridized carbons (Fsp3) is 0.538. The van der Waals surface area contributed by atoms with E-state index in [-0.39, 0.29) is 28.2 Å². The Morgan fingerprint density at radius 2 is 1.90 bits per heavy atom. The average molecular weight is 303 g/mol. The van der Waals surface area contributed by atoms with Crippen molar-refractivity contribution in [2.75, 3.05) is 26.4 Å². The molecule has 114 valence electrons. The second-order valence-corrected chi connectivity index (χ2v) is 7.42. The van der Waals surface area contributed by atoms with Crippen LogP contribution in [-0.2, 0) is 10.0 Å². The van der Waals surface area contributed by atoms with Gasteiger partial charge in [0.15, 0.2) is 0 Å². The summed E-state index contributed by atoms with van der Waals surface area (Å²) in [5.41, 5.74) is 5.62. The predicted molar refractivity (Wildman–Crippen MR) is 78.5 cm³/mol. The van der Waals surface area contributed by atoms with Crippen molar-refractivity contribution >= 4 is 15.7 Å². The standard InChI is InChI=1S/C13H22FN3O2S/c1-9-11(14)6-10(7-12(9)15)20(18,19)16-8-13(2,3)17(4)5/h6-7,16H,8,15H2,1-5H3. The average Bonchev–Trinajstić information content (AvgIpc) is 2.33. The van der Waals surface area contributed by atoms with Gasteiger partial charge in [0.1, 0.15) is 5.82 Å². The van der Waals surface area contributed by atoms with Crippen molar-refractivity contribution in [3.63, 3.8) is 0 Å². The highest BCUT2D eigenvalue weighted by atomic mass is 32.2. The Kier molecular flexibility index (Phi) is 4.78. The van der Waals surface area contributed by atoms with Crippen molar-refractivity contribution in [3.05, 3.63) is 23.5 Å². The van der Waals surface area contributed by atoms with E-state index in [1.165, 1.54) is 13.0 Å². The predicted octanol–water partition coefficient (Wildman–Crippen LogP) is 1.33. The van der Waals surface area contributed by atoms with Gasteiger partial charge in [-0.2, -0.15) is 0 Å². The molecule has 20 heavy (non-hydrogen) atoms. The van der Waals surface area contributed by atoms with Crippen molar-refractivity contribution in [3.8, 4) is 0 Å². The summed E-state index contributed by atoms with van der Waals surface area (Å²) in [6, 6.07) is 2.25. The molecule has 0 saturated heterocycles. The van der Waals surface area contributed by atoms with E-state index >= 15 is 0 Å². The maximum atomic E-state index is 13.6. The number of nitrogens with two attached hydrogens (primary N) is 1. The van der Waals surface area contributed by atoms with E-state index in [4.69, 9.17) is 5.73 Å². The Bertz CT molecular complexity index is 575. The monoisotopic (exact) mass is 303 g/mol. The number of nitrogen functional groups attached to an aromatic ring is 1. The largest absolute Gasteiger partial charge is 0.398 e. The first-order valence-corrected chi connectivity index (χ1v) is 7.68. The van der Waals surface area contributed by atoms with Gasteiger partial charge in [0.2, 0.25) is 10.0 Å². The van der Waals surface area contributed by atoms with Crippen LogP contribution in [0.3, 0.4) is 0 Å². The van der Waals surface area contributed by atoms with Gasteiger partial charge in [-0.15, -0.1) is 0 Å². The highest BCUT2D eigenvalue weighted by Crippen LogP contribution is 2.21. The fourth-order valence-corrected chi connectivity index (χ4v) is 2.59. The number of sulfonamides is 1. The van der Waals surface area contributed by atoms with Gasteiger partial charge in [0, 0.05) is 23.3 Å². The minimum absolute atomic E-state index is 0.122. The lowest BCUT2D eigenvalue weighted by Crippen LogP contribution is -2.48. The molecule has 0 fully saturated rings. The Hall–Kier alpha value is -1.18. The van der Waals surface area contributed by atoms with Gasteiger partial charge in [0.25, 0.3) is 0 Å². The van der Waals surface area contributed by atoms with E-state index in [0.717, 1.165) is 6.07 Å². The first-order chi connectivity index (χ1) is 8.97. The van der Waals surface area contributed by atoms with Gasteiger partial charge in [-0.1, -0.05) is 0 Å². The molecule has 0 aliphatic heterocycles. The van der Waals surface area contributed by atoms with Gasteiger partial charge in [-0.05, 0) is 47.0 Å². The molecule has 0 unspecified atom stereocenters. The number of hydrogen-bond donors (Lipinski definition) is 2. The van der Waals surface area contributed by atoms with Crippen molar-refractivity contribution in [2.24, 2.45) is 0 Å². The lowest BCUT2D eigenvalue weighted by Gasteiger charge is -2.32. The molecular formula is C13H22FN3O2S. The minimum atomic E-state index is -3.79. The van der Waals surface area contributed by atoms with Crippen LogP contribution in [0.15, 0.2) is 17.0 Å². The van der Waals surface area contributed by atoms with Gasteiger partial charge < -0.3 is 10.6 Å². The molecule has 1 rings (SSSR count). The molecule has 0 spiro atoms. The maximum absolute atomic E-state index is 13.6. The molecule has 0 saturated carbocycles. The third-order valence-electron chi connectivity index (χ3n) is 3.57. The number of halogens is 1. The molecule has 1 aromatic carbocycles. The second-order valence-electron chi connectivity index (χ2n) is 5.65. The van der Waals surface area contributed by atoms with E-state index in [1.807, 2.05) is 32.8 Å². The summed E-state index contributed by atoms with van der Waals surface area (Å²) in [4.78, 5) is 1.74. The quantitative estimate of drug-likeness (QED) is 0.805. The molecule has 1 aromatic rings. The van der Waals surface area contributed by atoms with E-state index in [0.29, 0.717) is 0 Å². The van der Waals surface area contributed by atoms with Crippen molar-refractivity contribution in [1.29, 1.82) is 0 Å². The molecule has 0 heterocycles. The Morgan fingerprint density at radius 1 is 1.35 bits per heavy atom. The van der Waals surface area contributed by atoms with Crippen LogP contribution < -0.4 is 10.5 Å². The van der Waals surface area contributed by atoms with Crippen molar-refractivity contribution in [2.45, 2.75) is 31.2 Å². The van der Waals surface area contributed by atoms with E-state index < -0.39 is 15.8 Å². The normalized spacial score (nSPS) is 12.9. The highest BCUT2D eigenvalue weighted by Gasteiger charge is 2.25. The molecule has 0 atom stereocenters. The summed E-state index contributed by atoms with van der Waals surface area (Å²) in [5.74, 6) is -0.628. The highest BCUT2D eigenvalue weighted by molar-refractivity contribution is 7.89. The number of benzene rings is 1. The topological polar surface area (TPSA) is 75.4 Å². The SMILES string of the molecule is Cc1c(N)cc(S(=O)(=O)NCC(C)(C)N(C)C)cc1F. The summed E-state index contributed by atoms with van der Waals surface area (Å²) < 4.78 is 40.4. The summed E-state index contributed by atoms with van der Waals surface area (Å²) in [6.45, 7) is 5.51. The number of rotatable bonds is 5. The van der Waals surface area contributed by atoms with Crippen LogP contribution in [0.2, 0.25) is 0 Å². The molecule has 0 bridgehead atoms. The zero-order valence-electron chi connectivity index (χ0n) is 12.5. The third kappa shape index (κ3) is 3.68. The molecule has 5 nitrogen and oxygen atoms in total. The number of likely N-dealkylation sites (N-methyl/N-ethyl adjacent to an activating group) is 1. The first kappa shape index (κ1) is 16.9. The van der Waals surface area contributed by atoms with E-state index in [9.17, 15) is 12.8 Å². The summed E-state index contributed by atoms with van der Waals surface area (Å²) >= 11 is 0. The van der Waals surface area contributed by atoms with Crippen LogP contribution in [0.1, 0.15) is 19.4 Å². The molecule has 0 amide bonds. The van der Waals surface area contributed by atoms with Crippen LogP contribution in [0, 0.1) is 12.7 Å². The van der Waals surface area contributed by atoms with Gasteiger partial charge in [-0.25, -0.2) is 17.5 Å². The Labute approximate surface area is 120 Å². The number of nitrogens with zero attached hydrogens (tertiary/aromatic N) is 1. The van der Waals surface area contributed by atoms with Gasteiger partial charge >= 0.3 is 0 Å². The van der Waals surface area contributed by atoms with Crippen LogP contribution in [0.5, 0.6) is 0 Å². The van der Waals surface area contributed by atoms with Crippen LogP contribution >= 0.6 is 0 Å². The van der Waals surface area contributed by atoms with Crippen molar-refractivity contribution < 1.29 is 12.8 Å². The van der Waals surface area contributed by atoms with Gasteiger partial charge in [0.05, 0.1) is 4.90 Å². The van der Waals surface area contributed by atoms with E-state index in [1.54, 1.807) is 0 Å². The van der Waals surface area contributed by atoms with Crippen molar-refractivity contribution in [1.82, 2.24) is 9.62 Å². The Balaban J connectivity index is 3.01. The minimum Gasteiger partial charge on any atom is -0.398 e. The molecular weight excluding hydrogens is 281 g/mol. The second kappa shape index (κ2) is 5.67. The van der Waals surface area contributed by atoms with Gasteiger partial charge in [-0.3, -0.25) is 0 Å². The molecule has 0 radical (unpaired) electrons. The number of nitrogens with one attached hydrogen (secondary N) is 1. The Morgan fingerprint density at radius 3 is 2.35 bits per heavy atom. The lowest BCUT2D eigenvalue weighted by atomic mass is 10.1. The zero-order chi connectivity index (χ0) is 15.7. The van der Waals surface area contributed by atoms with E-state index in [2.05, 4.69) is 4.72 Å². The number of hydrogen-bond acceptors (Lipinski definition) is 4. The van der Waals surface area contributed by atoms with Crippen LogP contribution in [-0.4, -0.2) is 39.5 Å². The summed E-state index contributed by atoms with van der Waals surface area (Å²) in [7, 11) is -0.0675. The molecule has 0 aliphatic rings. The maximum Gasteiger partial charge on any atom is 0.240 e. The molecule has 3 N–H and O–H groups in total. The first-order valence-electron chi connectivity index (χ1n) is 6.20.